The molecule has 0 spiro atoms. The Bertz CT molecular complexity index is 132. The van der Waals surface area contributed by atoms with Crippen molar-refractivity contribution in [2.75, 3.05) is 44.8 Å². The number of rotatable bonds is 10. The zero-order valence-corrected chi connectivity index (χ0v) is 11.1. The van der Waals surface area contributed by atoms with E-state index >= 15 is 0 Å². The van der Waals surface area contributed by atoms with Crippen LogP contribution in [0.3, 0.4) is 0 Å². The van der Waals surface area contributed by atoms with E-state index in [1.807, 2.05) is 11.8 Å². The fraction of sp³-hybridized carbons (Fsp3) is 1.00. The molecule has 0 radical (unpaired) electrons. The van der Waals surface area contributed by atoms with E-state index in [0.717, 1.165) is 38.4 Å². The molecule has 4 heteroatoms. The molecule has 0 fully saturated rings. The van der Waals surface area contributed by atoms with E-state index in [0.29, 0.717) is 0 Å². The van der Waals surface area contributed by atoms with Crippen molar-refractivity contribution in [3.63, 3.8) is 0 Å². The van der Waals surface area contributed by atoms with Crippen LogP contribution in [-0.4, -0.2) is 60.8 Å². The number of aliphatic hydroxyl groups is 1. The summed E-state index contributed by atoms with van der Waals surface area (Å²) in [6.07, 6.45) is 3.15. The van der Waals surface area contributed by atoms with Gasteiger partial charge in [0.1, 0.15) is 0 Å². The smallest absolute Gasteiger partial charge is 0.0584 e. The highest BCUT2D eigenvalue weighted by molar-refractivity contribution is 7.98. The summed E-state index contributed by atoms with van der Waals surface area (Å²) in [5.41, 5.74) is 0. The third kappa shape index (κ3) is 8.08. The van der Waals surface area contributed by atoms with Crippen molar-refractivity contribution in [2.24, 2.45) is 0 Å². The molecule has 0 aromatic carbocycles. The van der Waals surface area contributed by atoms with Crippen LogP contribution in [0.4, 0.5) is 0 Å². The molecule has 0 aliphatic rings. The maximum absolute atomic E-state index is 9.15. The van der Waals surface area contributed by atoms with Gasteiger partial charge in [0, 0.05) is 19.1 Å². The summed E-state index contributed by atoms with van der Waals surface area (Å²) >= 11 is 1.83. The SMILES string of the molecule is CCN(CC)CCNC(CO)CCSC. The van der Waals surface area contributed by atoms with Crippen molar-refractivity contribution in [1.29, 1.82) is 0 Å². The Labute approximate surface area is 98.6 Å². The van der Waals surface area contributed by atoms with Gasteiger partial charge in [0.05, 0.1) is 6.61 Å². The van der Waals surface area contributed by atoms with Crippen molar-refractivity contribution in [2.45, 2.75) is 26.3 Å². The molecule has 0 amide bonds. The maximum Gasteiger partial charge on any atom is 0.0584 e. The summed E-state index contributed by atoms with van der Waals surface area (Å²) in [7, 11) is 0. The molecule has 2 N–H and O–H groups in total. The highest BCUT2D eigenvalue weighted by Gasteiger charge is 2.06. The lowest BCUT2D eigenvalue weighted by molar-refractivity contribution is 0.229. The lowest BCUT2D eigenvalue weighted by Crippen LogP contribution is -2.39. The van der Waals surface area contributed by atoms with Crippen LogP contribution >= 0.6 is 11.8 Å². The molecule has 0 saturated heterocycles. The Morgan fingerprint density at radius 1 is 1.33 bits per heavy atom. The minimum absolute atomic E-state index is 0.249. The maximum atomic E-state index is 9.15. The van der Waals surface area contributed by atoms with Gasteiger partial charge in [-0.3, -0.25) is 0 Å². The second-order valence-electron chi connectivity index (χ2n) is 3.64. The number of thioether (sulfide) groups is 1. The minimum atomic E-state index is 0.249. The second kappa shape index (κ2) is 10.7. The Hall–Kier alpha value is 0.230. The molecule has 0 aromatic heterocycles. The Kier molecular flexibility index (Phi) is 10.9. The van der Waals surface area contributed by atoms with Crippen LogP contribution in [-0.2, 0) is 0 Å². The predicted molar refractivity (Wildman–Crippen MR) is 69.7 cm³/mol. The Morgan fingerprint density at radius 3 is 2.47 bits per heavy atom. The topological polar surface area (TPSA) is 35.5 Å². The highest BCUT2D eigenvalue weighted by atomic mass is 32.2. The molecule has 92 valence electrons. The molecular weight excluding hydrogens is 208 g/mol. The van der Waals surface area contributed by atoms with Crippen molar-refractivity contribution in [1.82, 2.24) is 10.2 Å². The van der Waals surface area contributed by atoms with Crippen LogP contribution in [0.5, 0.6) is 0 Å². The molecule has 3 nitrogen and oxygen atoms in total. The largest absolute Gasteiger partial charge is 0.395 e. The Morgan fingerprint density at radius 2 is 2.00 bits per heavy atom. The van der Waals surface area contributed by atoms with E-state index in [1.165, 1.54) is 0 Å². The van der Waals surface area contributed by atoms with Crippen molar-refractivity contribution in [3.05, 3.63) is 0 Å². The molecule has 1 unspecified atom stereocenters. The van der Waals surface area contributed by atoms with Crippen molar-refractivity contribution >= 4 is 11.8 Å². The summed E-state index contributed by atoms with van der Waals surface area (Å²) in [6.45, 7) is 8.87. The highest BCUT2D eigenvalue weighted by Crippen LogP contribution is 1.99. The summed E-state index contributed by atoms with van der Waals surface area (Å²) < 4.78 is 0. The molecule has 0 saturated carbocycles. The van der Waals surface area contributed by atoms with Gasteiger partial charge < -0.3 is 15.3 Å². The van der Waals surface area contributed by atoms with E-state index < -0.39 is 0 Å². The first kappa shape index (κ1) is 15.2. The van der Waals surface area contributed by atoms with Gasteiger partial charge in [-0.05, 0) is 31.5 Å². The van der Waals surface area contributed by atoms with E-state index in [9.17, 15) is 0 Å². The van der Waals surface area contributed by atoms with Gasteiger partial charge in [0.2, 0.25) is 0 Å². The van der Waals surface area contributed by atoms with Crippen LogP contribution in [0.15, 0.2) is 0 Å². The van der Waals surface area contributed by atoms with Gasteiger partial charge in [-0.1, -0.05) is 13.8 Å². The number of nitrogens with one attached hydrogen (secondary N) is 1. The summed E-state index contributed by atoms with van der Waals surface area (Å²) in [4.78, 5) is 2.38. The number of hydrogen-bond acceptors (Lipinski definition) is 4. The number of hydrogen-bond donors (Lipinski definition) is 2. The number of aliphatic hydroxyl groups excluding tert-OH is 1. The number of likely N-dealkylation sites (N-methyl/N-ethyl adjacent to an activating group) is 1. The summed E-state index contributed by atoms with van der Waals surface area (Å²) in [5.74, 6) is 1.11. The fourth-order valence-electron chi connectivity index (χ4n) is 1.48. The zero-order chi connectivity index (χ0) is 11.5. The van der Waals surface area contributed by atoms with Crippen LogP contribution in [0.1, 0.15) is 20.3 Å². The van der Waals surface area contributed by atoms with Crippen LogP contribution in [0.2, 0.25) is 0 Å². The normalized spacial score (nSPS) is 13.4. The summed E-state index contributed by atoms with van der Waals surface area (Å²) in [5, 5.41) is 12.5. The predicted octanol–water partition coefficient (Wildman–Crippen LogP) is 1.03. The average Bonchev–Trinajstić information content (AvgIpc) is 2.28. The zero-order valence-electron chi connectivity index (χ0n) is 10.3. The van der Waals surface area contributed by atoms with E-state index in [2.05, 4.69) is 30.3 Å². The van der Waals surface area contributed by atoms with E-state index in [4.69, 9.17) is 5.11 Å². The average molecular weight is 234 g/mol. The molecule has 0 bridgehead atoms. The lowest BCUT2D eigenvalue weighted by atomic mass is 10.2. The van der Waals surface area contributed by atoms with Gasteiger partial charge in [0.25, 0.3) is 0 Å². The van der Waals surface area contributed by atoms with Gasteiger partial charge >= 0.3 is 0 Å². The molecule has 1 atom stereocenters. The standard InChI is InChI=1S/C11H26N2OS/c1-4-13(5-2)8-7-12-11(10-14)6-9-15-3/h11-12,14H,4-10H2,1-3H3. The molecule has 0 aliphatic carbocycles. The minimum Gasteiger partial charge on any atom is -0.395 e. The van der Waals surface area contributed by atoms with Gasteiger partial charge in [-0.15, -0.1) is 0 Å². The first-order valence-electron chi connectivity index (χ1n) is 5.83. The molecule has 0 aromatic rings. The molecule has 0 rings (SSSR count). The Balaban J connectivity index is 3.52. The van der Waals surface area contributed by atoms with Gasteiger partial charge in [0.15, 0.2) is 0 Å². The monoisotopic (exact) mass is 234 g/mol. The molecule has 15 heavy (non-hydrogen) atoms. The molecule has 0 heterocycles. The molecular formula is C11H26N2OS. The van der Waals surface area contributed by atoms with Crippen LogP contribution in [0, 0.1) is 0 Å². The first-order chi connectivity index (χ1) is 7.28. The van der Waals surface area contributed by atoms with Gasteiger partial charge in [-0.25, -0.2) is 0 Å². The quantitative estimate of drug-likeness (QED) is 0.592. The van der Waals surface area contributed by atoms with E-state index in [1.54, 1.807) is 0 Å². The fourth-order valence-corrected chi connectivity index (χ4v) is 2.00. The van der Waals surface area contributed by atoms with E-state index in [-0.39, 0.29) is 12.6 Å². The molecule has 0 aliphatic heterocycles. The third-order valence-electron chi connectivity index (χ3n) is 2.65. The lowest BCUT2D eigenvalue weighted by Gasteiger charge is -2.21. The first-order valence-corrected chi connectivity index (χ1v) is 7.23. The number of nitrogens with zero attached hydrogens (tertiary/aromatic N) is 1. The van der Waals surface area contributed by atoms with Crippen LogP contribution < -0.4 is 5.32 Å². The summed E-state index contributed by atoms with van der Waals surface area (Å²) in [6, 6.07) is 0.271. The van der Waals surface area contributed by atoms with Crippen molar-refractivity contribution < 1.29 is 5.11 Å². The third-order valence-corrected chi connectivity index (χ3v) is 3.29. The second-order valence-corrected chi connectivity index (χ2v) is 4.63. The van der Waals surface area contributed by atoms with Crippen molar-refractivity contribution in [3.8, 4) is 0 Å². The van der Waals surface area contributed by atoms with Gasteiger partial charge in [-0.2, -0.15) is 11.8 Å². The van der Waals surface area contributed by atoms with Crippen LogP contribution in [0.25, 0.3) is 0 Å².